The van der Waals surface area contributed by atoms with E-state index in [4.69, 9.17) is 15.9 Å². The number of carbonyl (C=O) groups excluding carboxylic acids is 2. The largest absolute Gasteiger partial charge is 0.397 e. The molecule has 2 unspecified atom stereocenters. The first-order valence-electron chi connectivity index (χ1n) is 7.25. The Morgan fingerprint density at radius 2 is 1.19 bits per heavy atom. The fraction of sp³-hybridized carbons (Fsp3) is 0.429. The van der Waals surface area contributed by atoms with Crippen molar-refractivity contribution in [3.8, 4) is 0 Å². The fourth-order valence-electron chi connectivity index (χ4n) is 1.81. The summed E-state index contributed by atoms with van der Waals surface area (Å²) >= 11 is 5.67. The highest BCUT2D eigenvalue weighted by atomic mass is 127. The highest BCUT2D eigenvalue weighted by Gasteiger charge is 2.27. The summed E-state index contributed by atoms with van der Waals surface area (Å²) in [6.45, 7) is -1.30. The molecule has 2 amide bonds. The molecule has 0 saturated heterocycles. The van der Waals surface area contributed by atoms with Crippen molar-refractivity contribution in [2.75, 3.05) is 32.0 Å². The van der Waals surface area contributed by atoms with E-state index in [9.17, 15) is 19.8 Å². The third-order valence-electron chi connectivity index (χ3n) is 3.22. The lowest BCUT2D eigenvalue weighted by molar-refractivity contribution is 0.0798. The predicted octanol–water partition coefficient (Wildman–Crippen LogP) is -0.330. The minimum Gasteiger partial charge on any atom is -0.397 e. The summed E-state index contributed by atoms with van der Waals surface area (Å²) in [4.78, 5) is 25.0. The van der Waals surface area contributed by atoms with E-state index in [0.29, 0.717) is 10.7 Å². The summed E-state index contributed by atoms with van der Waals surface area (Å²) in [5.74, 6) is -1.09. The average Bonchev–Trinajstić information content (AvgIpc) is 2.62. The molecule has 13 heteroatoms. The zero-order chi connectivity index (χ0) is 20.0. The first-order chi connectivity index (χ1) is 12.1. The molecule has 0 bridgehead atoms. The number of aliphatic hydroxyl groups is 4. The average molecular weight is 741 g/mol. The van der Waals surface area contributed by atoms with Gasteiger partial charge in [0.15, 0.2) is 0 Å². The van der Waals surface area contributed by atoms with Crippen LogP contribution in [0.5, 0.6) is 0 Å². The molecule has 0 aliphatic rings. The number of aliphatic hydroxyl groups excluding tert-OH is 4. The van der Waals surface area contributed by atoms with Crippen molar-refractivity contribution in [3.05, 3.63) is 21.8 Å². The zero-order valence-corrected chi connectivity index (χ0v) is 21.0. The molecule has 0 aliphatic heterocycles. The lowest BCUT2D eigenvalue weighted by atomic mass is 10.1. The van der Waals surface area contributed by atoms with Gasteiger partial charge in [0.1, 0.15) is 0 Å². The SMILES string of the molecule is Cl.Nc1c(I)c(C(=O)NCC(O)CO)c(I)c(C(=O)NCC(O)CO)c1I. The Morgan fingerprint density at radius 1 is 0.852 bits per heavy atom. The molecule has 0 aliphatic carbocycles. The van der Waals surface area contributed by atoms with Crippen LogP contribution >= 0.6 is 80.2 Å². The second-order valence-electron chi connectivity index (χ2n) is 5.20. The van der Waals surface area contributed by atoms with E-state index >= 15 is 0 Å². The van der Waals surface area contributed by atoms with Gasteiger partial charge in [-0.25, -0.2) is 0 Å². The number of rotatable bonds is 8. The maximum atomic E-state index is 12.5. The van der Waals surface area contributed by atoms with E-state index in [0.717, 1.165) is 0 Å². The van der Waals surface area contributed by atoms with E-state index in [1.807, 2.05) is 67.8 Å². The second kappa shape index (κ2) is 12.8. The zero-order valence-electron chi connectivity index (χ0n) is 13.7. The summed E-state index contributed by atoms with van der Waals surface area (Å²) in [5.41, 5.74) is 6.66. The Morgan fingerprint density at radius 3 is 1.48 bits per heavy atom. The molecule has 154 valence electrons. The first kappa shape index (κ1) is 27.3. The highest BCUT2D eigenvalue weighted by Crippen LogP contribution is 2.33. The van der Waals surface area contributed by atoms with Gasteiger partial charge in [-0.1, -0.05) is 0 Å². The number of carbonyl (C=O) groups is 2. The maximum Gasteiger partial charge on any atom is 0.253 e. The first-order valence-corrected chi connectivity index (χ1v) is 10.5. The molecule has 0 saturated carbocycles. The van der Waals surface area contributed by atoms with Gasteiger partial charge in [0.2, 0.25) is 0 Å². The lowest BCUT2D eigenvalue weighted by Gasteiger charge is -2.18. The molecule has 2 atom stereocenters. The predicted molar refractivity (Wildman–Crippen MR) is 127 cm³/mol. The molecule has 0 heterocycles. The summed E-state index contributed by atoms with van der Waals surface area (Å²) in [6, 6.07) is 0. The van der Waals surface area contributed by atoms with Crippen LogP contribution in [0.3, 0.4) is 0 Å². The Balaban J connectivity index is 0.00000676. The van der Waals surface area contributed by atoms with Crippen molar-refractivity contribution < 1.29 is 30.0 Å². The lowest BCUT2D eigenvalue weighted by Crippen LogP contribution is -2.37. The monoisotopic (exact) mass is 741 g/mol. The molecule has 1 rings (SSSR count). The fourth-order valence-corrected chi connectivity index (χ4v) is 5.95. The molecule has 1 aromatic carbocycles. The minimum absolute atomic E-state index is 0. The summed E-state index contributed by atoms with van der Waals surface area (Å²) < 4.78 is 1.27. The van der Waals surface area contributed by atoms with Crippen LogP contribution < -0.4 is 16.4 Å². The molecule has 9 nitrogen and oxygen atoms in total. The van der Waals surface area contributed by atoms with Gasteiger partial charge in [0.05, 0.1) is 49.4 Å². The van der Waals surface area contributed by atoms with Crippen molar-refractivity contribution in [1.29, 1.82) is 0 Å². The van der Waals surface area contributed by atoms with Crippen LogP contribution in [0.1, 0.15) is 20.7 Å². The summed E-state index contributed by atoms with van der Waals surface area (Å²) in [6.07, 6.45) is -2.20. The number of halogens is 4. The molecule has 8 N–H and O–H groups in total. The number of hydrogen-bond donors (Lipinski definition) is 7. The van der Waals surface area contributed by atoms with Gasteiger partial charge in [0, 0.05) is 16.7 Å². The minimum atomic E-state index is -1.10. The van der Waals surface area contributed by atoms with E-state index in [1.54, 1.807) is 0 Å². The Kier molecular flexibility index (Phi) is 12.9. The summed E-state index contributed by atoms with van der Waals surface area (Å²) in [5, 5.41) is 41.4. The van der Waals surface area contributed by atoms with E-state index in [-0.39, 0.29) is 42.3 Å². The van der Waals surface area contributed by atoms with E-state index in [2.05, 4.69) is 10.6 Å². The number of benzene rings is 1. The second-order valence-corrected chi connectivity index (χ2v) is 8.43. The van der Waals surface area contributed by atoms with Crippen molar-refractivity contribution in [3.63, 3.8) is 0 Å². The highest BCUT2D eigenvalue weighted by molar-refractivity contribution is 14.1. The van der Waals surface area contributed by atoms with Crippen molar-refractivity contribution >= 4 is 97.7 Å². The third kappa shape index (κ3) is 7.23. The molecule has 1 aromatic rings. The maximum absolute atomic E-state index is 12.5. The summed E-state index contributed by atoms with van der Waals surface area (Å²) in [7, 11) is 0. The number of nitrogen functional groups attached to an aromatic ring is 1. The molecule has 0 fully saturated rings. The van der Waals surface area contributed by atoms with Crippen LogP contribution in [-0.4, -0.2) is 70.8 Å². The number of nitrogens with one attached hydrogen (secondary N) is 2. The van der Waals surface area contributed by atoms with Crippen molar-refractivity contribution in [2.24, 2.45) is 0 Å². The number of nitrogens with two attached hydrogens (primary N) is 1. The quantitative estimate of drug-likeness (QED) is 0.142. The van der Waals surface area contributed by atoms with Crippen LogP contribution in [-0.2, 0) is 0 Å². The van der Waals surface area contributed by atoms with E-state index < -0.39 is 37.2 Å². The van der Waals surface area contributed by atoms with Gasteiger partial charge in [-0.3, -0.25) is 9.59 Å². The van der Waals surface area contributed by atoms with Crippen molar-refractivity contribution in [1.82, 2.24) is 10.6 Å². The van der Waals surface area contributed by atoms with Crippen molar-refractivity contribution in [2.45, 2.75) is 12.2 Å². The van der Waals surface area contributed by atoms with Crippen LogP contribution in [0, 0.1) is 10.7 Å². The van der Waals surface area contributed by atoms with Gasteiger partial charge >= 0.3 is 0 Å². The molecular formula is C14H19ClI3N3O6. The van der Waals surface area contributed by atoms with Crippen LogP contribution in [0.4, 0.5) is 5.69 Å². The van der Waals surface area contributed by atoms with Gasteiger partial charge in [-0.15, -0.1) is 12.4 Å². The van der Waals surface area contributed by atoms with E-state index in [1.165, 1.54) is 0 Å². The van der Waals surface area contributed by atoms with Gasteiger partial charge in [-0.2, -0.15) is 0 Å². The van der Waals surface area contributed by atoms with Gasteiger partial charge < -0.3 is 36.8 Å². The number of amides is 2. The van der Waals surface area contributed by atoms with Crippen LogP contribution in [0.15, 0.2) is 0 Å². The van der Waals surface area contributed by atoms with Gasteiger partial charge in [-0.05, 0) is 67.8 Å². The molecule has 0 aromatic heterocycles. The van der Waals surface area contributed by atoms with Crippen LogP contribution in [0.25, 0.3) is 0 Å². The smallest absolute Gasteiger partial charge is 0.253 e. The van der Waals surface area contributed by atoms with Gasteiger partial charge in [0.25, 0.3) is 11.8 Å². The number of anilines is 1. The third-order valence-corrected chi connectivity index (χ3v) is 6.54. The standard InChI is InChI=1S/C14H18I3N3O6.ClH/c15-9-7(13(25)19-1-5(23)3-21)10(16)12(18)11(17)8(9)14(26)20-2-6(24)4-22;/h5-6,21-24H,1-4,18H2,(H,19,25)(H,20,26);1H. The Hall–Kier alpha value is 0.280. The topological polar surface area (TPSA) is 165 Å². The number of hydrogen-bond acceptors (Lipinski definition) is 7. The molecular weight excluding hydrogens is 722 g/mol. The molecule has 0 radical (unpaired) electrons. The normalized spacial score (nSPS) is 12.7. The Labute approximate surface area is 202 Å². The molecule has 27 heavy (non-hydrogen) atoms. The Bertz CT molecular complexity index is 642. The molecule has 0 spiro atoms. The van der Waals surface area contributed by atoms with Crippen LogP contribution in [0.2, 0.25) is 0 Å².